The van der Waals surface area contributed by atoms with Crippen LogP contribution in [0.4, 0.5) is 0 Å². The molecule has 0 unspecified atom stereocenters. The average molecular weight is 309 g/mol. The SMILES string of the molecule is CC(C)CN(CCN(C)C)S(=O)(=O)c1ccccc1C#N. The highest BCUT2D eigenvalue weighted by molar-refractivity contribution is 7.89. The maximum absolute atomic E-state index is 12.8. The van der Waals surface area contributed by atoms with Gasteiger partial charge in [-0.15, -0.1) is 0 Å². The van der Waals surface area contributed by atoms with Gasteiger partial charge in [0.2, 0.25) is 10.0 Å². The summed E-state index contributed by atoms with van der Waals surface area (Å²) < 4.78 is 27.1. The minimum absolute atomic E-state index is 0.0897. The predicted molar refractivity (Wildman–Crippen MR) is 83.3 cm³/mol. The Labute approximate surface area is 127 Å². The van der Waals surface area contributed by atoms with E-state index < -0.39 is 10.0 Å². The lowest BCUT2D eigenvalue weighted by Crippen LogP contribution is -2.39. The van der Waals surface area contributed by atoms with Crippen LogP contribution in [0.3, 0.4) is 0 Å². The van der Waals surface area contributed by atoms with Crippen molar-refractivity contribution in [3.8, 4) is 6.07 Å². The van der Waals surface area contributed by atoms with Crippen LogP contribution in [0.15, 0.2) is 29.2 Å². The Hall–Kier alpha value is -1.42. The number of hydrogen-bond acceptors (Lipinski definition) is 4. The molecule has 21 heavy (non-hydrogen) atoms. The average Bonchev–Trinajstić information content (AvgIpc) is 2.42. The highest BCUT2D eigenvalue weighted by Crippen LogP contribution is 2.20. The molecular formula is C15H23N3O2S. The molecule has 5 nitrogen and oxygen atoms in total. The second kappa shape index (κ2) is 7.55. The Morgan fingerprint density at radius 2 is 1.81 bits per heavy atom. The van der Waals surface area contributed by atoms with Crippen molar-refractivity contribution in [3.63, 3.8) is 0 Å². The summed E-state index contributed by atoms with van der Waals surface area (Å²) >= 11 is 0. The van der Waals surface area contributed by atoms with Crippen LogP contribution >= 0.6 is 0 Å². The smallest absolute Gasteiger partial charge is 0.244 e. The Bertz CT molecular complexity index is 604. The molecule has 0 aromatic heterocycles. The first-order valence-electron chi connectivity index (χ1n) is 6.93. The summed E-state index contributed by atoms with van der Waals surface area (Å²) in [4.78, 5) is 2.03. The molecule has 0 bridgehead atoms. The maximum atomic E-state index is 12.8. The van der Waals surface area contributed by atoms with E-state index in [0.717, 1.165) is 0 Å². The van der Waals surface area contributed by atoms with Crippen molar-refractivity contribution in [2.45, 2.75) is 18.7 Å². The number of likely N-dealkylation sites (N-methyl/N-ethyl adjacent to an activating group) is 1. The lowest BCUT2D eigenvalue weighted by atomic mass is 10.2. The van der Waals surface area contributed by atoms with Crippen LogP contribution in [-0.4, -0.2) is 51.4 Å². The molecule has 0 saturated heterocycles. The molecule has 0 aliphatic heterocycles. The topological polar surface area (TPSA) is 64.4 Å². The summed E-state index contributed by atoms with van der Waals surface area (Å²) in [6, 6.07) is 8.31. The minimum atomic E-state index is -3.65. The van der Waals surface area contributed by atoms with E-state index in [2.05, 4.69) is 0 Å². The quantitative estimate of drug-likeness (QED) is 0.770. The van der Waals surface area contributed by atoms with Crippen LogP contribution < -0.4 is 0 Å². The first-order chi connectivity index (χ1) is 9.78. The Morgan fingerprint density at radius 1 is 1.19 bits per heavy atom. The Kier molecular flexibility index (Phi) is 6.34. The third kappa shape index (κ3) is 4.81. The number of sulfonamides is 1. The first kappa shape index (κ1) is 17.6. The molecule has 1 aromatic rings. The predicted octanol–water partition coefficient (Wildman–Crippen LogP) is 1.77. The molecule has 1 aromatic carbocycles. The van der Waals surface area contributed by atoms with Gasteiger partial charge in [-0.3, -0.25) is 0 Å². The standard InChI is InChI=1S/C15H23N3O2S/c1-13(2)12-18(10-9-17(3)4)21(19,20)15-8-6-5-7-14(15)11-16/h5-8,13H,9-10,12H2,1-4H3. The van der Waals surface area contributed by atoms with Crippen molar-refractivity contribution in [1.82, 2.24) is 9.21 Å². The third-order valence-electron chi connectivity index (χ3n) is 2.99. The summed E-state index contributed by atoms with van der Waals surface area (Å²) in [6.45, 7) is 5.45. The van der Waals surface area contributed by atoms with Crippen LogP contribution in [-0.2, 0) is 10.0 Å². The van der Waals surface area contributed by atoms with E-state index in [1.165, 1.54) is 16.4 Å². The lowest BCUT2D eigenvalue weighted by molar-refractivity contribution is 0.312. The van der Waals surface area contributed by atoms with Crippen LogP contribution in [0.5, 0.6) is 0 Å². The van der Waals surface area contributed by atoms with E-state index >= 15 is 0 Å². The monoisotopic (exact) mass is 309 g/mol. The molecule has 0 heterocycles. The summed E-state index contributed by atoms with van der Waals surface area (Å²) in [6.07, 6.45) is 0. The van der Waals surface area contributed by atoms with Gasteiger partial charge in [0.05, 0.1) is 10.5 Å². The Morgan fingerprint density at radius 3 is 2.33 bits per heavy atom. The van der Waals surface area contributed by atoms with Crippen molar-refractivity contribution < 1.29 is 8.42 Å². The van der Waals surface area contributed by atoms with Crippen LogP contribution in [0.1, 0.15) is 19.4 Å². The van der Waals surface area contributed by atoms with Gasteiger partial charge in [-0.05, 0) is 32.1 Å². The molecule has 0 aliphatic rings. The maximum Gasteiger partial charge on any atom is 0.244 e. The van der Waals surface area contributed by atoms with Crippen molar-refractivity contribution >= 4 is 10.0 Å². The van der Waals surface area contributed by atoms with Crippen molar-refractivity contribution in [1.29, 1.82) is 5.26 Å². The van der Waals surface area contributed by atoms with Gasteiger partial charge in [0.25, 0.3) is 0 Å². The van der Waals surface area contributed by atoms with Crippen LogP contribution in [0.25, 0.3) is 0 Å². The van der Waals surface area contributed by atoms with E-state index in [4.69, 9.17) is 5.26 Å². The van der Waals surface area contributed by atoms with Gasteiger partial charge in [0.1, 0.15) is 6.07 Å². The van der Waals surface area contributed by atoms with Gasteiger partial charge >= 0.3 is 0 Å². The molecule has 0 fully saturated rings. The van der Waals surface area contributed by atoms with Gasteiger partial charge in [-0.2, -0.15) is 9.57 Å². The normalized spacial score (nSPS) is 12.1. The number of nitrogens with zero attached hydrogens (tertiary/aromatic N) is 3. The molecule has 1 rings (SSSR count). The van der Waals surface area contributed by atoms with Crippen molar-refractivity contribution in [2.24, 2.45) is 5.92 Å². The van der Waals surface area contributed by atoms with Gasteiger partial charge in [-0.25, -0.2) is 8.42 Å². The van der Waals surface area contributed by atoms with Gasteiger partial charge in [-0.1, -0.05) is 26.0 Å². The lowest BCUT2D eigenvalue weighted by Gasteiger charge is -2.25. The fourth-order valence-corrected chi connectivity index (χ4v) is 3.69. The highest BCUT2D eigenvalue weighted by atomic mass is 32.2. The first-order valence-corrected chi connectivity index (χ1v) is 8.37. The molecule has 0 N–H and O–H groups in total. The van der Waals surface area contributed by atoms with E-state index in [1.807, 2.05) is 38.9 Å². The zero-order valence-electron chi connectivity index (χ0n) is 13.1. The summed E-state index contributed by atoms with van der Waals surface area (Å²) in [5.74, 6) is 0.219. The molecule has 6 heteroatoms. The Balaban J connectivity index is 3.17. The summed E-state index contributed by atoms with van der Waals surface area (Å²) in [5.41, 5.74) is 0.191. The van der Waals surface area contributed by atoms with Crippen molar-refractivity contribution in [3.05, 3.63) is 29.8 Å². The number of nitriles is 1. The second-order valence-electron chi connectivity index (χ2n) is 5.67. The number of hydrogen-bond donors (Lipinski definition) is 0. The second-order valence-corrected chi connectivity index (χ2v) is 7.57. The zero-order valence-corrected chi connectivity index (χ0v) is 13.9. The van der Waals surface area contributed by atoms with Crippen LogP contribution in [0.2, 0.25) is 0 Å². The molecule has 0 radical (unpaired) electrons. The largest absolute Gasteiger partial charge is 0.308 e. The minimum Gasteiger partial charge on any atom is -0.308 e. The summed E-state index contributed by atoms with van der Waals surface area (Å²) in [7, 11) is 0.162. The number of rotatable bonds is 7. The molecule has 0 saturated carbocycles. The molecule has 116 valence electrons. The van der Waals surface area contributed by atoms with E-state index in [0.29, 0.717) is 19.6 Å². The van der Waals surface area contributed by atoms with Crippen LogP contribution in [0, 0.1) is 17.2 Å². The molecule has 0 amide bonds. The van der Waals surface area contributed by atoms with Gasteiger partial charge in [0.15, 0.2) is 0 Å². The van der Waals surface area contributed by atoms with E-state index in [-0.39, 0.29) is 16.4 Å². The molecular weight excluding hydrogens is 286 g/mol. The summed E-state index contributed by atoms with van der Waals surface area (Å²) in [5, 5.41) is 9.12. The third-order valence-corrected chi connectivity index (χ3v) is 4.91. The van der Waals surface area contributed by atoms with Crippen molar-refractivity contribution in [2.75, 3.05) is 33.7 Å². The van der Waals surface area contributed by atoms with E-state index in [9.17, 15) is 8.42 Å². The molecule has 0 atom stereocenters. The van der Waals surface area contributed by atoms with Gasteiger partial charge < -0.3 is 4.90 Å². The number of benzene rings is 1. The molecule has 0 aliphatic carbocycles. The fourth-order valence-electron chi connectivity index (χ4n) is 1.95. The van der Waals surface area contributed by atoms with Gasteiger partial charge in [0, 0.05) is 19.6 Å². The fraction of sp³-hybridized carbons (Fsp3) is 0.533. The highest BCUT2D eigenvalue weighted by Gasteiger charge is 2.27. The zero-order chi connectivity index (χ0) is 16.0. The molecule has 0 spiro atoms. The van der Waals surface area contributed by atoms with E-state index in [1.54, 1.807) is 12.1 Å².